The van der Waals surface area contributed by atoms with E-state index < -0.39 is 5.54 Å². The summed E-state index contributed by atoms with van der Waals surface area (Å²) in [6, 6.07) is 3.27. The van der Waals surface area contributed by atoms with Gasteiger partial charge in [0.25, 0.3) is 5.91 Å². The van der Waals surface area contributed by atoms with Gasteiger partial charge in [-0.2, -0.15) is 0 Å². The van der Waals surface area contributed by atoms with Crippen LogP contribution < -0.4 is 5.73 Å². The second-order valence-corrected chi connectivity index (χ2v) is 5.47. The molecule has 7 nitrogen and oxygen atoms in total. The average molecular weight is 287 g/mol. The van der Waals surface area contributed by atoms with Crippen LogP contribution in [0, 0.1) is 6.92 Å². The number of aryl methyl sites for hydroxylation is 1. The summed E-state index contributed by atoms with van der Waals surface area (Å²) in [5, 5.41) is 3.59. The van der Waals surface area contributed by atoms with E-state index in [-0.39, 0.29) is 11.7 Å². The largest absolute Gasteiger partial charge is 0.384 e. The van der Waals surface area contributed by atoms with Gasteiger partial charge < -0.3 is 15.2 Å². The van der Waals surface area contributed by atoms with Gasteiger partial charge in [0.2, 0.25) is 5.76 Å². The van der Waals surface area contributed by atoms with E-state index in [0.29, 0.717) is 18.2 Å². The molecule has 0 radical (unpaired) electrons. The zero-order valence-corrected chi connectivity index (χ0v) is 12.0. The van der Waals surface area contributed by atoms with Gasteiger partial charge in [0.1, 0.15) is 11.4 Å². The molecule has 1 unspecified atom stereocenters. The number of carbonyl (C=O) groups excluding carboxylic acids is 1. The average Bonchev–Trinajstić information content (AvgIpc) is 3.06. The number of rotatable bonds is 2. The lowest BCUT2D eigenvalue weighted by Crippen LogP contribution is -2.44. The van der Waals surface area contributed by atoms with Crippen LogP contribution in [-0.2, 0) is 5.54 Å². The van der Waals surface area contributed by atoms with E-state index in [4.69, 9.17) is 10.3 Å². The van der Waals surface area contributed by atoms with Gasteiger partial charge in [-0.3, -0.25) is 4.79 Å². The summed E-state index contributed by atoms with van der Waals surface area (Å²) >= 11 is 0. The molecule has 0 spiro atoms. The third-order valence-corrected chi connectivity index (χ3v) is 3.89. The van der Waals surface area contributed by atoms with Crippen molar-refractivity contribution >= 4 is 11.7 Å². The van der Waals surface area contributed by atoms with Crippen LogP contribution in [0.2, 0.25) is 0 Å². The molecule has 0 aromatic carbocycles. The Hall–Kier alpha value is -2.44. The predicted octanol–water partition coefficient (Wildman–Crippen LogP) is 1.51. The summed E-state index contributed by atoms with van der Waals surface area (Å²) in [6.07, 6.45) is 3.13. The van der Waals surface area contributed by atoms with Crippen molar-refractivity contribution in [3.63, 3.8) is 0 Å². The molecule has 0 saturated carbocycles. The summed E-state index contributed by atoms with van der Waals surface area (Å²) in [5.74, 6) is 1.02. The normalized spacial score (nSPS) is 21.7. The Balaban J connectivity index is 2.00. The van der Waals surface area contributed by atoms with Crippen molar-refractivity contribution in [2.24, 2.45) is 0 Å². The molecule has 2 aromatic rings. The van der Waals surface area contributed by atoms with Gasteiger partial charge in [-0.25, -0.2) is 9.97 Å². The molecule has 1 fully saturated rings. The lowest BCUT2D eigenvalue weighted by atomic mass is 9.97. The Kier molecular flexibility index (Phi) is 3.12. The number of nitrogens with zero attached hydrogens (tertiary/aromatic N) is 4. The molecule has 0 aliphatic carbocycles. The number of amides is 1. The van der Waals surface area contributed by atoms with Crippen LogP contribution in [0.25, 0.3) is 0 Å². The minimum Gasteiger partial charge on any atom is -0.384 e. The molecule has 3 rings (SSSR count). The molecule has 1 aliphatic rings. The quantitative estimate of drug-likeness (QED) is 0.899. The second kappa shape index (κ2) is 4.83. The second-order valence-electron chi connectivity index (χ2n) is 5.47. The molecular formula is C14H17N5O2. The number of carbonyl (C=O) groups is 1. The highest BCUT2D eigenvalue weighted by Gasteiger charge is 2.44. The zero-order chi connectivity index (χ0) is 15.0. The highest BCUT2D eigenvalue weighted by atomic mass is 16.5. The number of hydrogen-bond acceptors (Lipinski definition) is 6. The van der Waals surface area contributed by atoms with Crippen LogP contribution in [0.1, 0.15) is 41.8 Å². The first-order valence-electron chi connectivity index (χ1n) is 6.85. The summed E-state index contributed by atoms with van der Waals surface area (Å²) in [4.78, 5) is 23.1. The fourth-order valence-corrected chi connectivity index (χ4v) is 2.81. The van der Waals surface area contributed by atoms with Gasteiger partial charge in [-0.15, -0.1) is 0 Å². The minimum absolute atomic E-state index is 0.198. The Morgan fingerprint density at radius 3 is 2.95 bits per heavy atom. The monoisotopic (exact) mass is 287 g/mol. The minimum atomic E-state index is -0.579. The van der Waals surface area contributed by atoms with Crippen LogP contribution in [-0.4, -0.2) is 32.5 Å². The van der Waals surface area contributed by atoms with Crippen LogP contribution in [0.3, 0.4) is 0 Å². The Bertz CT molecular complexity index is 650. The van der Waals surface area contributed by atoms with Gasteiger partial charge in [0.05, 0.1) is 6.20 Å². The zero-order valence-electron chi connectivity index (χ0n) is 12.0. The summed E-state index contributed by atoms with van der Waals surface area (Å²) in [7, 11) is 0. The summed E-state index contributed by atoms with van der Waals surface area (Å²) in [6.45, 7) is 4.46. The Labute approximate surface area is 122 Å². The molecule has 0 bridgehead atoms. The van der Waals surface area contributed by atoms with Gasteiger partial charge >= 0.3 is 0 Å². The van der Waals surface area contributed by atoms with Crippen molar-refractivity contribution < 1.29 is 9.32 Å². The highest BCUT2D eigenvalue weighted by molar-refractivity contribution is 5.92. The number of nitrogens with two attached hydrogens (primary N) is 1. The van der Waals surface area contributed by atoms with Crippen molar-refractivity contribution in [2.45, 2.75) is 32.2 Å². The third kappa shape index (κ3) is 2.24. The van der Waals surface area contributed by atoms with E-state index in [1.807, 2.05) is 13.8 Å². The summed E-state index contributed by atoms with van der Waals surface area (Å²) < 4.78 is 4.98. The fourth-order valence-electron chi connectivity index (χ4n) is 2.81. The fraction of sp³-hybridized carbons (Fsp3) is 0.429. The van der Waals surface area contributed by atoms with Crippen molar-refractivity contribution in [1.29, 1.82) is 0 Å². The SMILES string of the molecule is Cc1cc(N)nc(C2(C)CCCN2C(=O)c2ccno2)n1. The number of likely N-dealkylation sites (tertiary alicyclic amines) is 1. The van der Waals surface area contributed by atoms with Gasteiger partial charge in [-0.05, 0) is 26.7 Å². The molecule has 7 heteroatoms. The van der Waals surface area contributed by atoms with Crippen LogP contribution in [0.5, 0.6) is 0 Å². The van der Waals surface area contributed by atoms with Crippen molar-refractivity contribution in [3.05, 3.63) is 35.6 Å². The molecule has 110 valence electrons. The first kappa shape index (κ1) is 13.5. The molecule has 2 N–H and O–H groups in total. The van der Waals surface area contributed by atoms with Crippen molar-refractivity contribution in [1.82, 2.24) is 20.0 Å². The van der Waals surface area contributed by atoms with Gasteiger partial charge in [0.15, 0.2) is 5.82 Å². The maximum Gasteiger partial charge on any atom is 0.293 e. The molecule has 1 aliphatic heterocycles. The molecule has 1 saturated heterocycles. The number of nitrogen functional groups attached to an aromatic ring is 1. The maximum atomic E-state index is 12.6. The predicted molar refractivity (Wildman–Crippen MR) is 75.3 cm³/mol. The maximum absolute atomic E-state index is 12.6. The molecule has 21 heavy (non-hydrogen) atoms. The highest BCUT2D eigenvalue weighted by Crippen LogP contribution is 2.38. The first-order chi connectivity index (χ1) is 10.0. The van der Waals surface area contributed by atoms with Crippen LogP contribution in [0.15, 0.2) is 22.9 Å². The van der Waals surface area contributed by atoms with Gasteiger partial charge in [0, 0.05) is 24.4 Å². The van der Waals surface area contributed by atoms with Crippen LogP contribution in [0.4, 0.5) is 5.82 Å². The Morgan fingerprint density at radius 1 is 1.48 bits per heavy atom. The molecule has 1 atom stereocenters. The first-order valence-corrected chi connectivity index (χ1v) is 6.85. The van der Waals surface area contributed by atoms with E-state index in [1.165, 1.54) is 6.20 Å². The molecule has 1 amide bonds. The number of aromatic nitrogens is 3. The van der Waals surface area contributed by atoms with Crippen LogP contribution >= 0.6 is 0 Å². The number of hydrogen-bond donors (Lipinski definition) is 1. The molecular weight excluding hydrogens is 270 g/mol. The summed E-state index contributed by atoms with van der Waals surface area (Å²) in [5.41, 5.74) is 6.03. The topological polar surface area (TPSA) is 98.1 Å². The third-order valence-electron chi connectivity index (χ3n) is 3.89. The Morgan fingerprint density at radius 2 is 2.29 bits per heavy atom. The molecule has 3 heterocycles. The van der Waals surface area contributed by atoms with E-state index in [2.05, 4.69) is 15.1 Å². The number of anilines is 1. The van der Waals surface area contributed by atoms with Crippen molar-refractivity contribution in [3.8, 4) is 0 Å². The van der Waals surface area contributed by atoms with E-state index in [0.717, 1.165) is 18.5 Å². The lowest BCUT2D eigenvalue weighted by molar-refractivity contribution is 0.0561. The smallest absolute Gasteiger partial charge is 0.293 e. The lowest BCUT2D eigenvalue weighted by Gasteiger charge is -2.33. The standard InChI is InChI=1S/C14H17N5O2/c1-9-8-11(15)18-13(17-9)14(2)5-3-7-19(14)12(20)10-4-6-16-21-10/h4,6,8H,3,5,7H2,1-2H3,(H2,15,17,18). The van der Waals surface area contributed by atoms with Crippen molar-refractivity contribution in [2.75, 3.05) is 12.3 Å². The van der Waals surface area contributed by atoms with E-state index >= 15 is 0 Å². The van der Waals surface area contributed by atoms with E-state index in [9.17, 15) is 4.79 Å². The molecule has 2 aromatic heterocycles. The van der Waals surface area contributed by atoms with E-state index in [1.54, 1.807) is 17.0 Å². The van der Waals surface area contributed by atoms with Gasteiger partial charge in [-0.1, -0.05) is 5.16 Å².